The summed E-state index contributed by atoms with van der Waals surface area (Å²) in [4.78, 5) is 2.80. The predicted molar refractivity (Wildman–Crippen MR) is 74.4 cm³/mol. The Hall–Kier alpha value is -1.59. The molecule has 0 bridgehead atoms. The standard InChI is InChI=1S/C11H7Cl2N3O3S/c1-6-9(14-2)5-15-16(6)10-3-8(13)11(4-7(10)12)20(17,18)19/h3-5H,1H3,(H,17,18,19). The molecule has 0 amide bonds. The van der Waals surface area contributed by atoms with Crippen molar-refractivity contribution in [2.24, 2.45) is 0 Å². The van der Waals surface area contributed by atoms with Gasteiger partial charge in [-0.2, -0.15) is 13.5 Å². The van der Waals surface area contributed by atoms with Gasteiger partial charge in [-0.05, 0) is 19.1 Å². The van der Waals surface area contributed by atoms with Gasteiger partial charge in [-0.25, -0.2) is 9.53 Å². The molecule has 0 aliphatic heterocycles. The Kier molecular flexibility index (Phi) is 3.75. The fraction of sp³-hybridized carbons (Fsp3) is 0.0909. The van der Waals surface area contributed by atoms with Crippen molar-refractivity contribution >= 4 is 39.0 Å². The lowest BCUT2D eigenvalue weighted by Crippen LogP contribution is -2.04. The van der Waals surface area contributed by atoms with Crippen molar-refractivity contribution in [2.75, 3.05) is 0 Å². The van der Waals surface area contributed by atoms with Gasteiger partial charge in [-0.1, -0.05) is 23.2 Å². The molecular formula is C11H7Cl2N3O3S. The number of hydrogen-bond acceptors (Lipinski definition) is 3. The second-order valence-electron chi connectivity index (χ2n) is 3.85. The van der Waals surface area contributed by atoms with E-state index in [9.17, 15) is 8.42 Å². The summed E-state index contributed by atoms with van der Waals surface area (Å²) in [7, 11) is -4.46. The molecule has 1 heterocycles. The molecule has 0 spiro atoms. The maximum absolute atomic E-state index is 11.1. The van der Waals surface area contributed by atoms with Crippen LogP contribution in [0.15, 0.2) is 23.2 Å². The summed E-state index contributed by atoms with van der Waals surface area (Å²) >= 11 is 11.8. The summed E-state index contributed by atoms with van der Waals surface area (Å²) < 4.78 is 32.6. The molecule has 0 saturated heterocycles. The Morgan fingerprint density at radius 1 is 1.35 bits per heavy atom. The van der Waals surface area contributed by atoms with Crippen molar-refractivity contribution in [3.05, 3.63) is 45.5 Å². The molecule has 0 aliphatic carbocycles. The topological polar surface area (TPSA) is 76.5 Å². The highest BCUT2D eigenvalue weighted by atomic mass is 35.5. The number of rotatable bonds is 2. The first-order chi connectivity index (χ1) is 9.25. The fourth-order valence-corrected chi connectivity index (χ4v) is 2.96. The summed E-state index contributed by atoms with van der Waals surface area (Å²) in [5.41, 5.74) is 1.20. The lowest BCUT2D eigenvalue weighted by molar-refractivity contribution is 0.483. The van der Waals surface area contributed by atoms with E-state index in [0.717, 1.165) is 6.07 Å². The number of nitrogens with zero attached hydrogens (tertiary/aromatic N) is 3. The molecule has 9 heteroatoms. The zero-order valence-electron chi connectivity index (χ0n) is 10.0. The Morgan fingerprint density at radius 3 is 2.50 bits per heavy atom. The van der Waals surface area contributed by atoms with Gasteiger partial charge < -0.3 is 0 Å². The molecule has 20 heavy (non-hydrogen) atoms. The summed E-state index contributed by atoms with van der Waals surface area (Å²) in [6, 6.07) is 2.30. The van der Waals surface area contributed by atoms with Crippen LogP contribution in [0.2, 0.25) is 10.0 Å². The molecule has 0 atom stereocenters. The van der Waals surface area contributed by atoms with Crippen LogP contribution in [0.1, 0.15) is 5.69 Å². The Balaban J connectivity index is 2.69. The second-order valence-corrected chi connectivity index (χ2v) is 6.05. The zero-order valence-corrected chi connectivity index (χ0v) is 12.3. The van der Waals surface area contributed by atoms with E-state index in [0.29, 0.717) is 17.1 Å². The van der Waals surface area contributed by atoms with Crippen molar-refractivity contribution < 1.29 is 13.0 Å². The van der Waals surface area contributed by atoms with Crippen LogP contribution in [-0.2, 0) is 10.1 Å². The highest BCUT2D eigenvalue weighted by molar-refractivity contribution is 7.86. The van der Waals surface area contributed by atoms with Crippen LogP contribution in [0.4, 0.5) is 5.69 Å². The largest absolute Gasteiger partial charge is 0.296 e. The van der Waals surface area contributed by atoms with E-state index in [-0.39, 0.29) is 10.0 Å². The molecule has 0 fully saturated rings. The average molecular weight is 332 g/mol. The maximum atomic E-state index is 11.1. The number of aromatic nitrogens is 2. The minimum absolute atomic E-state index is 0.0322. The molecule has 2 aromatic rings. The van der Waals surface area contributed by atoms with Gasteiger partial charge in [-0.15, -0.1) is 0 Å². The molecule has 0 aliphatic rings. The Bertz CT molecular complexity index is 837. The number of benzene rings is 1. The monoisotopic (exact) mass is 331 g/mol. The molecule has 2 rings (SSSR count). The molecule has 1 aromatic heterocycles. The van der Waals surface area contributed by atoms with Crippen molar-refractivity contribution in [2.45, 2.75) is 11.8 Å². The summed E-state index contributed by atoms with van der Waals surface area (Å²) in [5.74, 6) is 0. The number of halogens is 2. The highest BCUT2D eigenvalue weighted by Crippen LogP contribution is 2.32. The smallest absolute Gasteiger partial charge is 0.282 e. The van der Waals surface area contributed by atoms with Crippen LogP contribution in [0.25, 0.3) is 10.5 Å². The normalized spacial score (nSPS) is 11.3. The van der Waals surface area contributed by atoms with Crippen LogP contribution in [0.5, 0.6) is 0 Å². The van der Waals surface area contributed by atoms with E-state index >= 15 is 0 Å². The first-order valence-electron chi connectivity index (χ1n) is 5.14. The molecule has 0 unspecified atom stereocenters. The Labute approximate surface area is 125 Å². The van der Waals surface area contributed by atoms with E-state index in [4.69, 9.17) is 34.3 Å². The van der Waals surface area contributed by atoms with Gasteiger partial charge >= 0.3 is 0 Å². The van der Waals surface area contributed by atoms with Crippen LogP contribution in [-0.4, -0.2) is 22.8 Å². The Morgan fingerprint density at radius 2 is 2.00 bits per heavy atom. The van der Waals surface area contributed by atoms with E-state index in [1.54, 1.807) is 6.92 Å². The van der Waals surface area contributed by atoms with Crippen LogP contribution in [0, 0.1) is 13.5 Å². The quantitative estimate of drug-likeness (QED) is 0.676. The summed E-state index contributed by atoms with van der Waals surface area (Å²) in [5, 5.41) is 3.84. The van der Waals surface area contributed by atoms with E-state index in [1.165, 1.54) is 16.9 Å². The third-order valence-electron chi connectivity index (χ3n) is 2.61. The van der Waals surface area contributed by atoms with Crippen LogP contribution in [0.3, 0.4) is 0 Å². The van der Waals surface area contributed by atoms with Gasteiger partial charge in [0.2, 0.25) is 5.69 Å². The van der Waals surface area contributed by atoms with E-state index in [2.05, 4.69) is 9.94 Å². The molecule has 0 saturated carbocycles. The lowest BCUT2D eigenvalue weighted by Gasteiger charge is -2.10. The van der Waals surface area contributed by atoms with Gasteiger partial charge in [0, 0.05) is 5.69 Å². The molecule has 0 radical (unpaired) electrons. The molecule has 6 nitrogen and oxygen atoms in total. The third-order valence-corrected chi connectivity index (χ3v) is 4.23. The van der Waals surface area contributed by atoms with Gasteiger partial charge in [0.25, 0.3) is 10.1 Å². The van der Waals surface area contributed by atoms with Crippen LogP contribution >= 0.6 is 23.2 Å². The minimum atomic E-state index is -4.46. The number of hydrogen-bond donors (Lipinski definition) is 1. The van der Waals surface area contributed by atoms with Gasteiger partial charge in [-0.3, -0.25) is 4.55 Å². The van der Waals surface area contributed by atoms with Crippen molar-refractivity contribution in [3.8, 4) is 5.69 Å². The summed E-state index contributed by atoms with van der Waals surface area (Å²) in [6.07, 6.45) is 1.36. The fourth-order valence-electron chi connectivity index (χ4n) is 1.63. The molecular weight excluding hydrogens is 325 g/mol. The zero-order chi connectivity index (χ0) is 15.1. The summed E-state index contributed by atoms with van der Waals surface area (Å²) in [6.45, 7) is 8.64. The molecule has 1 N–H and O–H groups in total. The first kappa shape index (κ1) is 14.8. The van der Waals surface area contributed by atoms with Crippen LogP contribution < -0.4 is 0 Å². The first-order valence-corrected chi connectivity index (χ1v) is 7.34. The van der Waals surface area contributed by atoms with Crippen molar-refractivity contribution in [3.63, 3.8) is 0 Å². The van der Waals surface area contributed by atoms with Gasteiger partial charge in [0.1, 0.15) is 4.90 Å². The lowest BCUT2D eigenvalue weighted by atomic mass is 10.3. The van der Waals surface area contributed by atoms with Crippen molar-refractivity contribution in [1.29, 1.82) is 0 Å². The maximum Gasteiger partial charge on any atom is 0.296 e. The van der Waals surface area contributed by atoms with Gasteiger partial charge in [0.05, 0.1) is 28.5 Å². The SMILES string of the molecule is [C-]#[N+]c1cnn(-c2cc(Cl)c(S(=O)(=O)O)cc2Cl)c1C. The minimum Gasteiger partial charge on any atom is -0.282 e. The highest BCUT2D eigenvalue weighted by Gasteiger charge is 2.19. The average Bonchev–Trinajstić information content (AvgIpc) is 2.71. The van der Waals surface area contributed by atoms with E-state index < -0.39 is 15.0 Å². The molecule has 1 aromatic carbocycles. The van der Waals surface area contributed by atoms with Gasteiger partial charge in [0.15, 0.2) is 0 Å². The predicted octanol–water partition coefficient (Wildman–Crippen LogP) is 3.29. The van der Waals surface area contributed by atoms with Crippen molar-refractivity contribution in [1.82, 2.24) is 9.78 Å². The van der Waals surface area contributed by atoms with E-state index in [1.807, 2.05) is 0 Å². The molecule has 104 valence electrons. The second kappa shape index (κ2) is 5.07. The third kappa shape index (κ3) is 2.51.